The Balaban J connectivity index is 1.39. The van der Waals surface area contributed by atoms with Gasteiger partial charge in [0.15, 0.2) is 0 Å². The molecule has 0 aromatic heterocycles. The van der Waals surface area contributed by atoms with Crippen molar-refractivity contribution in [2.75, 3.05) is 13.1 Å². The molecule has 5 heteroatoms. The van der Waals surface area contributed by atoms with E-state index in [2.05, 4.69) is 5.32 Å². The van der Waals surface area contributed by atoms with Crippen LogP contribution in [0.15, 0.2) is 54.6 Å². The van der Waals surface area contributed by atoms with Gasteiger partial charge in [-0.05, 0) is 42.5 Å². The molecule has 1 heterocycles. The van der Waals surface area contributed by atoms with Crippen molar-refractivity contribution in [1.82, 2.24) is 10.2 Å². The molecule has 1 N–H and O–H groups in total. The minimum absolute atomic E-state index is 0.00553. The van der Waals surface area contributed by atoms with Gasteiger partial charge in [0.05, 0.1) is 0 Å². The molecule has 0 radical (unpaired) electrons. The monoisotopic (exact) mass is 384 g/mol. The van der Waals surface area contributed by atoms with E-state index in [1.807, 2.05) is 59.5 Å². The Kier molecular flexibility index (Phi) is 6.88. The second-order valence-electron chi connectivity index (χ2n) is 6.98. The Hall–Kier alpha value is -2.33. The third-order valence-corrected chi connectivity index (χ3v) is 5.32. The van der Waals surface area contributed by atoms with Crippen LogP contribution in [0.25, 0.3) is 0 Å². The summed E-state index contributed by atoms with van der Waals surface area (Å²) < 4.78 is 0. The van der Waals surface area contributed by atoms with E-state index in [0.29, 0.717) is 37.5 Å². The Bertz CT molecular complexity index is 754. The molecule has 1 fully saturated rings. The van der Waals surface area contributed by atoms with Gasteiger partial charge in [0, 0.05) is 37.0 Å². The Morgan fingerprint density at radius 2 is 1.63 bits per heavy atom. The molecule has 4 nitrogen and oxygen atoms in total. The van der Waals surface area contributed by atoms with E-state index in [9.17, 15) is 9.59 Å². The van der Waals surface area contributed by atoms with E-state index in [0.717, 1.165) is 24.0 Å². The first-order chi connectivity index (χ1) is 13.1. The van der Waals surface area contributed by atoms with Crippen LogP contribution in [0, 0.1) is 5.92 Å². The van der Waals surface area contributed by atoms with E-state index in [-0.39, 0.29) is 17.7 Å². The number of carbonyl (C=O) groups is 2. The van der Waals surface area contributed by atoms with Gasteiger partial charge < -0.3 is 10.2 Å². The number of halogens is 1. The van der Waals surface area contributed by atoms with Crippen molar-refractivity contribution < 1.29 is 9.59 Å². The highest BCUT2D eigenvalue weighted by Gasteiger charge is 2.26. The molecule has 0 bridgehead atoms. The molecule has 2 aromatic carbocycles. The van der Waals surface area contributed by atoms with Crippen LogP contribution in [-0.4, -0.2) is 29.8 Å². The summed E-state index contributed by atoms with van der Waals surface area (Å²) in [4.78, 5) is 26.7. The van der Waals surface area contributed by atoms with Crippen LogP contribution in [0.3, 0.4) is 0 Å². The number of hydrogen-bond donors (Lipinski definition) is 1. The lowest BCUT2D eigenvalue weighted by Crippen LogP contribution is -2.43. The summed E-state index contributed by atoms with van der Waals surface area (Å²) in [6.07, 6.45) is 2.67. The Morgan fingerprint density at radius 1 is 0.963 bits per heavy atom. The van der Waals surface area contributed by atoms with Crippen LogP contribution in [0.5, 0.6) is 0 Å². The van der Waals surface area contributed by atoms with E-state index < -0.39 is 0 Å². The zero-order valence-electron chi connectivity index (χ0n) is 15.4. The SMILES string of the molecule is O=C(NCc1ccccc1)C1CCN(C(=O)CCc2ccc(Cl)cc2)CC1. The first-order valence-corrected chi connectivity index (χ1v) is 9.83. The highest BCUT2D eigenvalue weighted by molar-refractivity contribution is 6.30. The third-order valence-electron chi connectivity index (χ3n) is 5.07. The summed E-state index contributed by atoms with van der Waals surface area (Å²) in [6, 6.07) is 17.5. The molecule has 3 rings (SSSR count). The summed E-state index contributed by atoms with van der Waals surface area (Å²) in [5.74, 6) is 0.245. The summed E-state index contributed by atoms with van der Waals surface area (Å²) in [5.41, 5.74) is 2.21. The van der Waals surface area contributed by atoms with Crippen molar-refractivity contribution in [2.45, 2.75) is 32.2 Å². The molecular weight excluding hydrogens is 360 g/mol. The number of aryl methyl sites for hydroxylation is 1. The van der Waals surface area contributed by atoms with Crippen LogP contribution < -0.4 is 5.32 Å². The van der Waals surface area contributed by atoms with Crippen LogP contribution >= 0.6 is 11.6 Å². The molecular formula is C22H25ClN2O2. The molecule has 1 aliphatic heterocycles. The number of likely N-dealkylation sites (tertiary alicyclic amines) is 1. The maximum Gasteiger partial charge on any atom is 0.223 e. The van der Waals surface area contributed by atoms with E-state index in [4.69, 9.17) is 11.6 Å². The average Bonchev–Trinajstić information content (AvgIpc) is 2.72. The largest absolute Gasteiger partial charge is 0.352 e. The molecule has 1 aliphatic rings. The summed E-state index contributed by atoms with van der Waals surface area (Å²) in [6.45, 7) is 1.87. The van der Waals surface area contributed by atoms with Gasteiger partial charge in [0.1, 0.15) is 0 Å². The lowest BCUT2D eigenvalue weighted by atomic mass is 9.95. The van der Waals surface area contributed by atoms with E-state index in [1.165, 1.54) is 0 Å². The third kappa shape index (κ3) is 5.83. The zero-order chi connectivity index (χ0) is 19.1. The number of piperidine rings is 1. The van der Waals surface area contributed by atoms with Gasteiger partial charge in [-0.25, -0.2) is 0 Å². The van der Waals surface area contributed by atoms with Gasteiger partial charge in [-0.15, -0.1) is 0 Å². The molecule has 0 atom stereocenters. The van der Waals surface area contributed by atoms with Crippen LogP contribution in [-0.2, 0) is 22.6 Å². The summed E-state index contributed by atoms with van der Waals surface area (Å²) >= 11 is 5.88. The van der Waals surface area contributed by atoms with Crippen LogP contribution in [0.2, 0.25) is 5.02 Å². The van der Waals surface area contributed by atoms with Crippen molar-refractivity contribution in [3.05, 3.63) is 70.7 Å². The fourth-order valence-electron chi connectivity index (χ4n) is 3.38. The minimum Gasteiger partial charge on any atom is -0.352 e. The van der Waals surface area contributed by atoms with Gasteiger partial charge in [-0.3, -0.25) is 9.59 Å². The zero-order valence-corrected chi connectivity index (χ0v) is 16.1. The predicted molar refractivity (Wildman–Crippen MR) is 107 cm³/mol. The molecule has 27 heavy (non-hydrogen) atoms. The maximum absolute atomic E-state index is 12.4. The first-order valence-electron chi connectivity index (χ1n) is 9.45. The lowest BCUT2D eigenvalue weighted by molar-refractivity contribution is -0.135. The second-order valence-corrected chi connectivity index (χ2v) is 7.42. The van der Waals surface area contributed by atoms with Crippen molar-refractivity contribution in [3.63, 3.8) is 0 Å². The summed E-state index contributed by atoms with van der Waals surface area (Å²) in [5, 5.41) is 3.72. The van der Waals surface area contributed by atoms with Crippen LogP contribution in [0.1, 0.15) is 30.4 Å². The number of rotatable bonds is 6. The highest BCUT2D eigenvalue weighted by atomic mass is 35.5. The quantitative estimate of drug-likeness (QED) is 0.822. The topological polar surface area (TPSA) is 49.4 Å². The molecule has 0 spiro atoms. The fraction of sp³-hybridized carbons (Fsp3) is 0.364. The standard InChI is InChI=1S/C22H25ClN2O2/c23-20-9-6-17(7-10-20)8-11-21(26)25-14-12-19(13-15-25)22(27)24-16-18-4-2-1-3-5-18/h1-7,9-10,19H,8,11-16H2,(H,24,27). The molecule has 0 saturated carbocycles. The molecule has 0 unspecified atom stereocenters. The normalized spacial score (nSPS) is 14.8. The van der Waals surface area contributed by atoms with Crippen molar-refractivity contribution in [2.24, 2.45) is 5.92 Å². The van der Waals surface area contributed by atoms with Crippen LogP contribution in [0.4, 0.5) is 0 Å². The smallest absolute Gasteiger partial charge is 0.223 e. The number of nitrogens with zero attached hydrogens (tertiary/aromatic N) is 1. The summed E-state index contributed by atoms with van der Waals surface area (Å²) in [7, 11) is 0. The Morgan fingerprint density at radius 3 is 2.30 bits per heavy atom. The van der Waals surface area contributed by atoms with Gasteiger partial charge in [0.25, 0.3) is 0 Å². The highest BCUT2D eigenvalue weighted by Crippen LogP contribution is 2.19. The lowest BCUT2D eigenvalue weighted by Gasteiger charge is -2.31. The molecule has 0 aliphatic carbocycles. The molecule has 1 saturated heterocycles. The van der Waals surface area contributed by atoms with E-state index in [1.54, 1.807) is 0 Å². The number of benzene rings is 2. The van der Waals surface area contributed by atoms with Gasteiger partial charge in [0.2, 0.25) is 11.8 Å². The minimum atomic E-state index is -0.00553. The number of hydrogen-bond acceptors (Lipinski definition) is 2. The molecule has 2 aromatic rings. The number of amides is 2. The van der Waals surface area contributed by atoms with Gasteiger partial charge in [-0.1, -0.05) is 54.1 Å². The van der Waals surface area contributed by atoms with Crippen molar-refractivity contribution >= 4 is 23.4 Å². The average molecular weight is 385 g/mol. The second kappa shape index (κ2) is 9.56. The fourth-order valence-corrected chi connectivity index (χ4v) is 3.51. The van der Waals surface area contributed by atoms with Gasteiger partial charge >= 0.3 is 0 Å². The van der Waals surface area contributed by atoms with Crippen molar-refractivity contribution in [3.8, 4) is 0 Å². The Labute approximate surface area is 165 Å². The number of nitrogens with one attached hydrogen (secondary N) is 1. The predicted octanol–water partition coefficient (Wildman–Crippen LogP) is 3.83. The van der Waals surface area contributed by atoms with Crippen molar-refractivity contribution in [1.29, 1.82) is 0 Å². The number of carbonyl (C=O) groups excluding carboxylic acids is 2. The molecule has 142 valence electrons. The molecule has 2 amide bonds. The first kappa shape index (κ1) is 19.4. The van der Waals surface area contributed by atoms with Gasteiger partial charge in [-0.2, -0.15) is 0 Å². The maximum atomic E-state index is 12.4. The van der Waals surface area contributed by atoms with E-state index >= 15 is 0 Å².